The van der Waals surface area contributed by atoms with Gasteiger partial charge in [0.05, 0.1) is 5.56 Å². The highest BCUT2D eigenvalue weighted by Crippen LogP contribution is 2.24. The highest BCUT2D eigenvalue weighted by atomic mass is 79.9. The van der Waals surface area contributed by atoms with E-state index in [9.17, 15) is 4.79 Å². The zero-order valence-corrected chi connectivity index (χ0v) is 11.2. The number of rotatable bonds is 4. The Balaban J connectivity index is 2.09. The molecule has 17 heavy (non-hydrogen) atoms. The molecule has 0 spiro atoms. The minimum absolute atomic E-state index is 0.276. The normalized spacial score (nSPS) is 10.2. The van der Waals surface area contributed by atoms with Gasteiger partial charge in [-0.05, 0) is 45.6 Å². The molecule has 3 nitrogen and oxygen atoms in total. The molecule has 0 amide bonds. The van der Waals surface area contributed by atoms with Crippen molar-refractivity contribution in [3.63, 3.8) is 0 Å². The topological polar surface area (TPSA) is 49.3 Å². The van der Waals surface area contributed by atoms with Gasteiger partial charge in [-0.15, -0.1) is 11.3 Å². The predicted octanol–water partition coefficient (Wildman–Crippen LogP) is 3.82. The molecule has 0 bridgehead atoms. The number of nitrogens with one attached hydrogen (secondary N) is 1. The standard InChI is InChI=1S/C12H10BrNO2S/c13-10-6-8(12(15)16)3-4-11(10)14-7-9-2-1-5-17-9/h1-6,14H,7H2,(H,15,16). The molecule has 1 aromatic carbocycles. The molecule has 2 aromatic rings. The molecule has 0 radical (unpaired) electrons. The van der Waals surface area contributed by atoms with Gasteiger partial charge < -0.3 is 10.4 Å². The van der Waals surface area contributed by atoms with Crippen molar-refractivity contribution in [1.29, 1.82) is 0 Å². The van der Waals surface area contributed by atoms with Gasteiger partial charge in [0, 0.05) is 21.6 Å². The van der Waals surface area contributed by atoms with E-state index in [1.165, 1.54) is 4.88 Å². The van der Waals surface area contributed by atoms with Gasteiger partial charge in [0.1, 0.15) is 0 Å². The summed E-state index contributed by atoms with van der Waals surface area (Å²) in [5, 5.41) is 14.1. The molecule has 2 N–H and O–H groups in total. The number of hydrogen-bond donors (Lipinski definition) is 2. The van der Waals surface area contributed by atoms with E-state index in [0.29, 0.717) is 0 Å². The van der Waals surface area contributed by atoms with Crippen LogP contribution in [-0.4, -0.2) is 11.1 Å². The number of thiophene rings is 1. The number of aromatic carboxylic acids is 1. The van der Waals surface area contributed by atoms with Gasteiger partial charge in [-0.2, -0.15) is 0 Å². The van der Waals surface area contributed by atoms with Gasteiger partial charge in [0.15, 0.2) is 0 Å². The third kappa shape index (κ3) is 3.08. The summed E-state index contributed by atoms with van der Waals surface area (Å²) in [5.74, 6) is -0.921. The van der Waals surface area contributed by atoms with Crippen LogP contribution < -0.4 is 5.32 Å². The molecule has 2 rings (SSSR count). The molecule has 0 fully saturated rings. The van der Waals surface area contributed by atoms with Crippen molar-refractivity contribution >= 4 is 38.9 Å². The van der Waals surface area contributed by atoms with Crippen LogP contribution in [0, 0.1) is 0 Å². The predicted molar refractivity (Wildman–Crippen MR) is 72.7 cm³/mol. The summed E-state index contributed by atoms with van der Waals surface area (Å²) in [6.07, 6.45) is 0. The molecule has 0 aliphatic rings. The zero-order valence-electron chi connectivity index (χ0n) is 8.81. The monoisotopic (exact) mass is 311 g/mol. The SMILES string of the molecule is O=C(O)c1ccc(NCc2cccs2)c(Br)c1. The molecule has 5 heteroatoms. The fourth-order valence-corrected chi connectivity index (χ4v) is 2.55. The van der Waals surface area contributed by atoms with E-state index >= 15 is 0 Å². The first-order valence-electron chi connectivity index (χ1n) is 4.96. The number of carbonyl (C=O) groups is 1. The lowest BCUT2D eigenvalue weighted by atomic mass is 10.2. The van der Waals surface area contributed by atoms with Crippen LogP contribution in [0.1, 0.15) is 15.2 Å². The molecule has 88 valence electrons. The van der Waals surface area contributed by atoms with Gasteiger partial charge in [0.25, 0.3) is 0 Å². The third-order valence-electron chi connectivity index (χ3n) is 2.25. The van der Waals surface area contributed by atoms with Crippen LogP contribution >= 0.6 is 27.3 Å². The number of hydrogen-bond acceptors (Lipinski definition) is 3. The van der Waals surface area contributed by atoms with Gasteiger partial charge in [-0.1, -0.05) is 6.07 Å². The molecule has 0 unspecified atom stereocenters. The molecular weight excluding hydrogens is 302 g/mol. The average Bonchev–Trinajstić information content (AvgIpc) is 2.80. The largest absolute Gasteiger partial charge is 0.478 e. The lowest BCUT2D eigenvalue weighted by Gasteiger charge is -2.08. The maximum Gasteiger partial charge on any atom is 0.335 e. The van der Waals surface area contributed by atoms with Gasteiger partial charge in [-0.3, -0.25) is 0 Å². The second-order valence-corrected chi connectivity index (χ2v) is 5.32. The molecule has 0 aliphatic heterocycles. The quantitative estimate of drug-likeness (QED) is 0.902. The first-order valence-corrected chi connectivity index (χ1v) is 6.63. The van der Waals surface area contributed by atoms with E-state index in [0.717, 1.165) is 16.7 Å². The Bertz CT molecular complexity index is 525. The van der Waals surface area contributed by atoms with E-state index in [1.54, 1.807) is 29.5 Å². The summed E-state index contributed by atoms with van der Waals surface area (Å²) in [5.41, 5.74) is 1.17. The minimum Gasteiger partial charge on any atom is -0.478 e. The lowest BCUT2D eigenvalue weighted by Crippen LogP contribution is -2.01. The van der Waals surface area contributed by atoms with Crippen molar-refractivity contribution in [2.24, 2.45) is 0 Å². The Morgan fingerprint density at radius 3 is 2.82 bits per heavy atom. The van der Waals surface area contributed by atoms with Crippen molar-refractivity contribution in [2.45, 2.75) is 6.54 Å². The molecule has 0 aliphatic carbocycles. The second-order valence-electron chi connectivity index (χ2n) is 3.43. The van der Waals surface area contributed by atoms with Crippen molar-refractivity contribution in [2.75, 3.05) is 5.32 Å². The highest BCUT2D eigenvalue weighted by Gasteiger charge is 2.06. The summed E-state index contributed by atoms with van der Waals surface area (Å²) >= 11 is 5.04. The molecular formula is C12H10BrNO2S. The van der Waals surface area contributed by atoms with Crippen molar-refractivity contribution in [1.82, 2.24) is 0 Å². The Morgan fingerprint density at radius 2 is 2.24 bits per heavy atom. The maximum atomic E-state index is 10.8. The molecule has 0 atom stereocenters. The van der Waals surface area contributed by atoms with Crippen LogP contribution in [0.5, 0.6) is 0 Å². The number of anilines is 1. The molecule has 1 aromatic heterocycles. The number of carboxylic acids is 1. The summed E-state index contributed by atoms with van der Waals surface area (Å²) in [6, 6.07) is 9.01. The maximum absolute atomic E-state index is 10.8. The fourth-order valence-electron chi connectivity index (χ4n) is 1.39. The van der Waals surface area contributed by atoms with Crippen molar-refractivity contribution in [3.05, 3.63) is 50.6 Å². The Hall–Kier alpha value is -1.33. The Morgan fingerprint density at radius 1 is 1.41 bits per heavy atom. The van der Waals surface area contributed by atoms with Crippen LogP contribution in [0.25, 0.3) is 0 Å². The highest BCUT2D eigenvalue weighted by molar-refractivity contribution is 9.10. The molecule has 0 saturated heterocycles. The summed E-state index contributed by atoms with van der Waals surface area (Å²) < 4.78 is 0.758. The smallest absolute Gasteiger partial charge is 0.335 e. The summed E-state index contributed by atoms with van der Waals surface area (Å²) in [6.45, 7) is 0.739. The first kappa shape index (κ1) is 12.1. The van der Waals surface area contributed by atoms with Crippen LogP contribution in [0.4, 0.5) is 5.69 Å². The molecule has 0 saturated carbocycles. The van der Waals surface area contributed by atoms with E-state index < -0.39 is 5.97 Å². The lowest BCUT2D eigenvalue weighted by molar-refractivity contribution is 0.0697. The van der Waals surface area contributed by atoms with Gasteiger partial charge in [-0.25, -0.2) is 4.79 Å². The Labute approximate surface area is 111 Å². The number of halogens is 1. The number of carboxylic acid groups (broad SMARTS) is 1. The van der Waals surface area contributed by atoms with E-state index in [1.807, 2.05) is 11.4 Å². The Kier molecular flexibility index (Phi) is 3.81. The second kappa shape index (κ2) is 5.33. The van der Waals surface area contributed by atoms with Crippen LogP contribution in [0.3, 0.4) is 0 Å². The van der Waals surface area contributed by atoms with Crippen LogP contribution in [0.15, 0.2) is 40.2 Å². The van der Waals surface area contributed by atoms with Crippen molar-refractivity contribution in [3.8, 4) is 0 Å². The zero-order chi connectivity index (χ0) is 12.3. The van der Waals surface area contributed by atoms with Crippen molar-refractivity contribution < 1.29 is 9.90 Å². The average molecular weight is 312 g/mol. The van der Waals surface area contributed by atoms with E-state index in [4.69, 9.17) is 5.11 Å². The fraction of sp³-hybridized carbons (Fsp3) is 0.0833. The third-order valence-corrected chi connectivity index (χ3v) is 3.78. The van der Waals surface area contributed by atoms with E-state index in [-0.39, 0.29) is 5.56 Å². The summed E-state index contributed by atoms with van der Waals surface area (Å²) in [7, 11) is 0. The van der Waals surface area contributed by atoms with E-state index in [2.05, 4.69) is 27.3 Å². The van der Waals surface area contributed by atoms with Gasteiger partial charge >= 0.3 is 5.97 Å². The van der Waals surface area contributed by atoms with Crippen LogP contribution in [-0.2, 0) is 6.54 Å². The number of benzene rings is 1. The summed E-state index contributed by atoms with van der Waals surface area (Å²) in [4.78, 5) is 12.0. The minimum atomic E-state index is -0.921. The first-order chi connectivity index (χ1) is 8.16. The molecule has 1 heterocycles. The van der Waals surface area contributed by atoms with Gasteiger partial charge in [0.2, 0.25) is 0 Å². The van der Waals surface area contributed by atoms with Crippen LogP contribution in [0.2, 0.25) is 0 Å².